The molecule has 1 saturated carbocycles. The van der Waals surface area contributed by atoms with E-state index in [4.69, 9.17) is 5.26 Å². The molecule has 0 unspecified atom stereocenters. The quantitative estimate of drug-likeness (QED) is 0.907. The summed E-state index contributed by atoms with van der Waals surface area (Å²) in [6, 6.07) is 14.9. The third-order valence-electron chi connectivity index (χ3n) is 4.15. The molecule has 2 aromatic rings. The van der Waals surface area contributed by atoms with Crippen molar-refractivity contribution >= 4 is 11.7 Å². The van der Waals surface area contributed by atoms with Crippen LogP contribution in [0.3, 0.4) is 0 Å². The highest BCUT2D eigenvalue weighted by atomic mass is 19.1. The minimum Gasteiger partial charge on any atom is -0.337 e. The number of nitrogens with one attached hydrogen (secondary N) is 2. The molecule has 0 spiro atoms. The van der Waals surface area contributed by atoms with Gasteiger partial charge in [0.15, 0.2) is 0 Å². The second-order valence-corrected chi connectivity index (χ2v) is 5.79. The molecule has 0 radical (unpaired) electrons. The highest BCUT2D eigenvalue weighted by Crippen LogP contribution is 2.47. The number of carbonyl (C=O) groups is 1. The first-order valence-electron chi connectivity index (χ1n) is 7.42. The Kier molecular flexibility index (Phi) is 3.98. The Morgan fingerprint density at radius 3 is 2.61 bits per heavy atom. The van der Waals surface area contributed by atoms with Crippen LogP contribution in [0, 0.1) is 17.1 Å². The molecule has 2 amide bonds. The number of rotatable bonds is 4. The molecule has 1 aliphatic rings. The van der Waals surface area contributed by atoms with Gasteiger partial charge in [0.2, 0.25) is 0 Å². The Hall–Kier alpha value is -2.87. The Bertz CT molecular complexity index is 761. The topological polar surface area (TPSA) is 64.9 Å². The molecule has 1 aliphatic carbocycles. The normalized spacial score (nSPS) is 14.6. The van der Waals surface area contributed by atoms with Gasteiger partial charge in [-0.05, 0) is 48.7 Å². The number of hydrogen-bond acceptors (Lipinski definition) is 2. The zero-order valence-electron chi connectivity index (χ0n) is 12.5. The van der Waals surface area contributed by atoms with Crippen LogP contribution in [0.5, 0.6) is 0 Å². The van der Waals surface area contributed by atoms with Gasteiger partial charge in [0.05, 0.1) is 11.6 Å². The summed E-state index contributed by atoms with van der Waals surface area (Å²) in [5.41, 5.74) is 2.03. The zero-order chi connectivity index (χ0) is 16.3. The number of benzene rings is 2. The largest absolute Gasteiger partial charge is 0.337 e. The van der Waals surface area contributed by atoms with E-state index in [0.717, 1.165) is 18.4 Å². The second-order valence-electron chi connectivity index (χ2n) is 5.79. The van der Waals surface area contributed by atoms with E-state index in [2.05, 4.69) is 10.6 Å². The van der Waals surface area contributed by atoms with E-state index in [-0.39, 0.29) is 17.3 Å². The second kappa shape index (κ2) is 6.09. The molecule has 0 atom stereocenters. The van der Waals surface area contributed by atoms with Crippen LogP contribution in [-0.2, 0) is 5.41 Å². The maximum Gasteiger partial charge on any atom is 0.319 e. The van der Waals surface area contributed by atoms with Gasteiger partial charge in [0.25, 0.3) is 0 Å². The molecule has 0 aliphatic heterocycles. The molecule has 0 bridgehead atoms. The predicted octanol–water partition coefficient (Wildman–Crippen LogP) is 3.55. The van der Waals surface area contributed by atoms with Crippen LogP contribution >= 0.6 is 0 Å². The summed E-state index contributed by atoms with van der Waals surface area (Å²) in [6.45, 7) is 0.502. The molecular weight excluding hydrogens is 293 g/mol. The first-order valence-corrected chi connectivity index (χ1v) is 7.42. The molecule has 0 saturated heterocycles. The fourth-order valence-corrected chi connectivity index (χ4v) is 2.61. The Morgan fingerprint density at radius 2 is 1.96 bits per heavy atom. The number of halogens is 1. The fraction of sp³-hybridized carbons (Fsp3) is 0.222. The van der Waals surface area contributed by atoms with Gasteiger partial charge in [-0.25, -0.2) is 9.18 Å². The summed E-state index contributed by atoms with van der Waals surface area (Å²) in [4.78, 5) is 12.0. The number of carbonyl (C=O) groups excluding carboxylic acids is 1. The minimum atomic E-state index is -0.312. The molecule has 2 aromatic carbocycles. The highest BCUT2D eigenvalue weighted by molar-refractivity contribution is 5.89. The molecule has 3 rings (SSSR count). The minimum absolute atomic E-state index is 0.0838. The van der Waals surface area contributed by atoms with Gasteiger partial charge >= 0.3 is 6.03 Å². The number of anilines is 1. The Balaban J connectivity index is 1.58. The highest BCUT2D eigenvalue weighted by Gasteiger charge is 2.44. The van der Waals surface area contributed by atoms with E-state index in [0.29, 0.717) is 17.8 Å². The number of nitriles is 1. The van der Waals surface area contributed by atoms with Crippen LogP contribution in [0.25, 0.3) is 0 Å². The molecule has 116 valence electrons. The third kappa shape index (κ3) is 3.49. The lowest BCUT2D eigenvalue weighted by Gasteiger charge is -2.17. The van der Waals surface area contributed by atoms with Crippen molar-refractivity contribution in [2.24, 2.45) is 0 Å². The van der Waals surface area contributed by atoms with Crippen molar-refractivity contribution in [2.45, 2.75) is 18.3 Å². The molecule has 2 N–H and O–H groups in total. The Morgan fingerprint density at radius 1 is 1.22 bits per heavy atom. The van der Waals surface area contributed by atoms with E-state index in [9.17, 15) is 9.18 Å². The average molecular weight is 309 g/mol. The lowest BCUT2D eigenvalue weighted by Crippen LogP contribution is -2.35. The van der Waals surface area contributed by atoms with Crippen LogP contribution in [-0.4, -0.2) is 12.6 Å². The molecule has 5 heteroatoms. The monoisotopic (exact) mass is 309 g/mol. The first kappa shape index (κ1) is 15.0. The van der Waals surface area contributed by atoms with Crippen LogP contribution in [0.15, 0.2) is 48.5 Å². The summed E-state index contributed by atoms with van der Waals surface area (Å²) in [5, 5.41) is 14.4. The van der Waals surface area contributed by atoms with Crippen LogP contribution in [0.2, 0.25) is 0 Å². The van der Waals surface area contributed by atoms with Crippen molar-refractivity contribution in [3.63, 3.8) is 0 Å². The summed E-state index contributed by atoms with van der Waals surface area (Å²) >= 11 is 0. The molecule has 23 heavy (non-hydrogen) atoms. The van der Waals surface area contributed by atoms with Gasteiger partial charge in [-0.2, -0.15) is 5.26 Å². The van der Waals surface area contributed by atoms with Crippen LogP contribution in [0.1, 0.15) is 24.0 Å². The van der Waals surface area contributed by atoms with Gasteiger partial charge in [-0.15, -0.1) is 0 Å². The average Bonchev–Trinajstić information content (AvgIpc) is 3.35. The van der Waals surface area contributed by atoms with E-state index in [1.54, 1.807) is 36.4 Å². The smallest absolute Gasteiger partial charge is 0.319 e. The van der Waals surface area contributed by atoms with Gasteiger partial charge in [0, 0.05) is 17.6 Å². The fourth-order valence-electron chi connectivity index (χ4n) is 2.61. The maximum atomic E-state index is 13.0. The maximum absolute atomic E-state index is 13.0. The van der Waals surface area contributed by atoms with Crippen molar-refractivity contribution in [2.75, 3.05) is 11.9 Å². The summed E-state index contributed by atoms with van der Waals surface area (Å²) in [5.74, 6) is -0.257. The third-order valence-corrected chi connectivity index (χ3v) is 4.15. The van der Waals surface area contributed by atoms with Gasteiger partial charge in [-0.3, -0.25) is 0 Å². The number of nitrogens with zero attached hydrogens (tertiary/aromatic N) is 1. The molecule has 4 nitrogen and oxygen atoms in total. The van der Waals surface area contributed by atoms with Crippen molar-refractivity contribution < 1.29 is 9.18 Å². The standard InChI is InChI=1S/C18H16FN3O/c19-15-6-4-14(5-7-15)18(8-9-18)12-21-17(23)22-16-3-1-2-13(10-16)11-20/h1-7,10H,8-9,12H2,(H2,21,22,23). The van der Waals surface area contributed by atoms with Gasteiger partial charge in [-0.1, -0.05) is 18.2 Å². The SMILES string of the molecule is N#Cc1cccc(NC(=O)NCC2(c3ccc(F)cc3)CC2)c1. The van der Waals surface area contributed by atoms with Crippen molar-refractivity contribution in [1.29, 1.82) is 5.26 Å². The van der Waals surface area contributed by atoms with Gasteiger partial charge < -0.3 is 10.6 Å². The van der Waals surface area contributed by atoms with Crippen LogP contribution in [0.4, 0.5) is 14.9 Å². The molecule has 1 fully saturated rings. The lowest BCUT2D eigenvalue weighted by molar-refractivity contribution is 0.251. The number of urea groups is 1. The molecule has 0 aromatic heterocycles. The Labute approximate surface area is 133 Å². The van der Waals surface area contributed by atoms with Crippen molar-refractivity contribution in [1.82, 2.24) is 5.32 Å². The lowest BCUT2D eigenvalue weighted by atomic mass is 9.96. The molecule has 0 heterocycles. The number of amides is 2. The van der Waals surface area contributed by atoms with E-state index >= 15 is 0 Å². The van der Waals surface area contributed by atoms with Crippen molar-refractivity contribution in [3.8, 4) is 6.07 Å². The zero-order valence-corrected chi connectivity index (χ0v) is 12.5. The van der Waals surface area contributed by atoms with Gasteiger partial charge in [0.1, 0.15) is 5.82 Å². The summed E-state index contributed by atoms with van der Waals surface area (Å²) in [7, 11) is 0. The van der Waals surface area contributed by atoms with Crippen molar-refractivity contribution in [3.05, 3.63) is 65.5 Å². The summed E-state index contributed by atoms with van der Waals surface area (Å²) in [6.07, 6.45) is 1.95. The molecular formula is C18H16FN3O. The van der Waals surface area contributed by atoms with E-state index in [1.807, 2.05) is 6.07 Å². The van der Waals surface area contributed by atoms with E-state index in [1.165, 1.54) is 12.1 Å². The van der Waals surface area contributed by atoms with Crippen LogP contribution < -0.4 is 10.6 Å². The summed E-state index contributed by atoms with van der Waals surface area (Å²) < 4.78 is 13.0. The first-order chi connectivity index (χ1) is 11.1. The van der Waals surface area contributed by atoms with E-state index < -0.39 is 0 Å². The number of hydrogen-bond donors (Lipinski definition) is 2. The predicted molar refractivity (Wildman–Crippen MR) is 85.5 cm³/mol.